The van der Waals surface area contributed by atoms with Gasteiger partial charge in [-0.05, 0) is 45.1 Å². The Morgan fingerprint density at radius 3 is 2.45 bits per heavy atom. The molecule has 5 nitrogen and oxygen atoms in total. The minimum Gasteiger partial charge on any atom is -0.377 e. The number of hydrogen-bond acceptors (Lipinski definition) is 4. The van der Waals surface area contributed by atoms with Crippen LogP contribution in [-0.2, 0) is 14.8 Å². The summed E-state index contributed by atoms with van der Waals surface area (Å²) in [6, 6.07) is 0.430. The molecule has 118 valence electrons. The van der Waals surface area contributed by atoms with Crippen molar-refractivity contribution in [2.75, 3.05) is 25.4 Å². The van der Waals surface area contributed by atoms with Gasteiger partial charge in [-0.1, -0.05) is 0 Å². The van der Waals surface area contributed by atoms with Crippen molar-refractivity contribution in [1.29, 1.82) is 0 Å². The van der Waals surface area contributed by atoms with Crippen molar-refractivity contribution in [1.82, 2.24) is 9.62 Å². The Bertz CT molecular complexity index is 402. The van der Waals surface area contributed by atoms with Gasteiger partial charge in [0.05, 0.1) is 11.9 Å². The second kappa shape index (κ2) is 6.92. The van der Waals surface area contributed by atoms with Crippen LogP contribution in [0.15, 0.2) is 0 Å². The van der Waals surface area contributed by atoms with Crippen LogP contribution in [0.5, 0.6) is 0 Å². The van der Waals surface area contributed by atoms with E-state index in [1.165, 1.54) is 0 Å². The predicted molar refractivity (Wildman–Crippen MR) is 80.8 cm³/mol. The van der Waals surface area contributed by atoms with Crippen LogP contribution < -0.4 is 5.32 Å². The molecule has 3 rings (SSSR count). The van der Waals surface area contributed by atoms with Crippen LogP contribution in [0, 0.1) is 0 Å². The van der Waals surface area contributed by atoms with E-state index in [-0.39, 0.29) is 36.3 Å². The summed E-state index contributed by atoms with van der Waals surface area (Å²) >= 11 is 0. The van der Waals surface area contributed by atoms with Crippen molar-refractivity contribution >= 4 is 22.4 Å². The van der Waals surface area contributed by atoms with E-state index in [1.54, 1.807) is 0 Å². The molecule has 1 N–H and O–H groups in total. The molecular formula is C13H25ClN2O3S. The Morgan fingerprint density at radius 2 is 1.90 bits per heavy atom. The molecule has 0 bridgehead atoms. The van der Waals surface area contributed by atoms with Gasteiger partial charge in [-0.15, -0.1) is 12.4 Å². The molecule has 0 aromatic rings. The van der Waals surface area contributed by atoms with Gasteiger partial charge in [0.1, 0.15) is 0 Å². The number of ether oxygens (including phenoxy) is 1. The molecule has 1 aliphatic carbocycles. The van der Waals surface area contributed by atoms with E-state index >= 15 is 0 Å². The highest BCUT2D eigenvalue weighted by molar-refractivity contribution is 7.89. The molecule has 2 atom stereocenters. The van der Waals surface area contributed by atoms with Crippen LogP contribution >= 0.6 is 12.4 Å². The molecule has 0 spiro atoms. The van der Waals surface area contributed by atoms with Crippen LogP contribution in [0.2, 0.25) is 0 Å². The highest BCUT2D eigenvalue weighted by Crippen LogP contribution is 2.33. The van der Waals surface area contributed by atoms with Gasteiger partial charge in [0.2, 0.25) is 10.0 Å². The first-order chi connectivity index (χ1) is 9.17. The highest BCUT2D eigenvalue weighted by atomic mass is 35.5. The topological polar surface area (TPSA) is 58.6 Å². The third kappa shape index (κ3) is 3.85. The van der Waals surface area contributed by atoms with E-state index < -0.39 is 10.0 Å². The lowest BCUT2D eigenvalue weighted by atomic mass is 10.1. The van der Waals surface area contributed by atoms with E-state index in [4.69, 9.17) is 4.74 Å². The van der Waals surface area contributed by atoms with Gasteiger partial charge in [0, 0.05) is 25.2 Å². The zero-order valence-electron chi connectivity index (χ0n) is 11.8. The Balaban J connectivity index is 0.00000147. The van der Waals surface area contributed by atoms with Gasteiger partial charge in [-0.25, -0.2) is 8.42 Å². The van der Waals surface area contributed by atoms with Crippen LogP contribution in [0.4, 0.5) is 0 Å². The van der Waals surface area contributed by atoms with E-state index in [9.17, 15) is 8.42 Å². The van der Waals surface area contributed by atoms with Crippen LogP contribution in [0.1, 0.15) is 38.5 Å². The smallest absolute Gasteiger partial charge is 0.217 e. The summed E-state index contributed by atoms with van der Waals surface area (Å²) in [5.41, 5.74) is 0. The van der Waals surface area contributed by atoms with Crippen molar-refractivity contribution in [3.63, 3.8) is 0 Å². The maximum absolute atomic E-state index is 12.7. The molecule has 2 saturated heterocycles. The zero-order valence-corrected chi connectivity index (χ0v) is 13.4. The molecule has 2 heterocycles. The molecule has 0 aromatic carbocycles. The summed E-state index contributed by atoms with van der Waals surface area (Å²) in [7, 11) is -3.17. The Morgan fingerprint density at radius 1 is 1.10 bits per heavy atom. The van der Waals surface area contributed by atoms with Gasteiger partial charge < -0.3 is 10.1 Å². The monoisotopic (exact) mass is 324 g/mol. The summed E-state index contributed by atoms with van der Waals surface area (Å²) in [5.74, 6) is 0.181. The van der Waals surface area contributed by atoms with Crippen molar-refractivity contribution < 1.29 is 13.2 Å². The molecular weight excluding hydrogens is 300 g/mol. The lowest BCUT2D eigenvalue weighted by Gasteiger charge is -2.30. The summed E-state index contributed by atoms with van der Waals surface area (Å²) < 4.78 is 32.8. The van der Waals surface area contributed by atoms with Gasteiger partial charge in [0.15, 0.2) is 0 Å². The molecule has 3 aliphatic rings. The summed E-state index contributed by atoms with van der Waals surface area (Å²) in [4.78, 5) is 0. The number of sulfonamides is 1. The van der Waals surface area contributed by atoms with E-state index in [0.717, 1.165) is 51.6 Å². The van der Waals surface area contributed by atoms with Crippen molar-refractivity contribution in [3.8, 4) is 0 Å². The van der Waals surface area contributed by atoms with Crippen LogP contribution in [0.25, 0.3) is 0 Å². The van der Waals surface area contributed by atoms with E-state index in [0.29, 0.717) is 6.61 Å². The number of rotatable bonds is 5. The van der Waals surface area contributed by atoms with Crippen molar-refractivity contribution in [3.05, 3.63) is 0 Å². The fraction of sp³-hybridized carbons (Fsp3) is 1.00. The Hall–Kier alpha value is 0.120. The third-order valence-corrected chi connectivity index (χ3v) is 6.32. The number of nitrogens with one attached hydrogen (secondary N) is 1. The highest BCUT2D eigenvalue weighted by Gasteiger charge is 2.43. The van der Waals surface area contributed by atoms with Gasteiger partial charge in [-0.2, -0.15) is 4.31 Å². The second-order valence-corrected chi connectivity index (χ2v) is 7.89. The normalized spacial score (nSPS) is 31.2. The molecule has 20 heavy (non-hydrogen) atoms. The second-order valence-electron chi connectivity index (χ2n) is 5.97. The third-order valence-electron chi connectivity index (χ3n) is 4.29. The van der Waals surface area contributed by atoms with Gasteiger partial charge in [-0.3, -0.25) is 0 Å². The maximum atomic E-state index is 12.7. The first-order valence-electron chi connectivity index (χ1n) is 7.50. The average molecular weight is 325 g/mol. The Labute approximate surface area is 127 Å². The van der Waals surface area contributed by atoms with Crippen molar-refractivity contribution in [2.24, 2.45) is 0 Å². The van der Waals surface area contributed by atoms with Crippen molar-refractivity contribution in [2.45, 2.75) is 56.7 Å². The molecule has 3 fully saturated rings. The minimum absolute atomic E-state index is 0. The summed E-state index contributed by atoms with van der Waals surface area (Å²) in [6.07, 6.45) is 5.96. The quantitative estimate of drug-likeness (QED) is 0.823. The van der Waals surface area contributed by atoms with Gasteiger partial charge in [0.25, 0.3) is 0 Å². The molecule has 1 saturated carbocycles. The number of halogens is 1. The predicted octanol–water partition coefficient (Wildman–Crippen LogP) is 1.13. The van der Waals surface area contributed by atoms with E-state index in [1.807, 2.05) is 4.31 Å². The molecule has 0 amide bonds. The molecule has 0 aromatic heterocycles. The summed E-state index contributed by atoms with van der Waals surface area (Å²) in [6.45, 7) is 2.46. The fourth-order valence-corrected chi connectivity index (χ4v) is 5.40. The fourth-order valence-electron chi connectivity index (χ4n) is 3.20. The molecule has 7 heteroatoms. The van der Waals surface area contributed by atoms with Gasteiger partial charge >= 0.3 is 0 Å². The summed E-state index contributed by atoms with van der Waals surface area (Å²) in [5, 5.41) is 3.27. The molecule has 2 aliphatic heterocycles. The Kier molecular flexibility index (Phi) is 5.71. The first-order valence-corrected chi connectivity index (χ1v) is 9.11. The van der Waals surface area contributed by atoms with E-state index in [2.05, 4.69) is 5.32 Å². The number of hydrogen-bond donors (Lipinski definition) is 1. The molecule has 2 unspecified atom stereocenters. The average Bonchev–Trinajstić information content (AvgIpc) is 3.04. The first kappa shape index (κ1) is 16.5. The SMILES string of the molecule is Cl.O=S(=O)(CC1CCCCO1)N(C1CC1)C1CCNC1. The molecule has 0 radical (unpaired) electrons. The maximum Gasteiger partial charge on any atom is 0.217 e. The standard InChI is InChI=1S/C13H24N2O3S.ClH/c16-19(17,10-13-3-1-2-8-18-13)15(11-4-5-11)12-6-7-14-9-12;/h11-14H,1-10H2;1H. The largest absolute Gasteiger partial charge is 0.377 e. The lowest BCUT2D eigenvalue weighted by Crippen LogP contribution is -2.46. The lowest BCUT2D eigenvalue weighted by molar-refractivity contribution is 0.0297. The minimum atomic E-state index is -3.17. The van der Waals surface area contributed by atoms with Crippen LogP contribution in [-0.4, -0.2) is 56.4 Å². The number of nitrogens with zero attached hydrogens (tertiary/aromatic N) is 1. The van der Waals surface area contributed by atoms with Crippen LogP contribution in [0.3, 0.4) is 0 Å². The zero-order chi connectivity index (χ0) is 13.3.